The molecular formula is C19H23N5OS. The third-order valence-electron chi connectivity index (χ3n) is 4.65. The van der Waals surface area contributed by atoms with Gasteiger partial charge in [-0.2, -0.15) is 0 Å². The molecule has 136 valence electrons. The van der Waals surface area contributed by atoms with E-state index in [1.165, 1.54) is 16.4 Å². The summed E-state index contributed by atoms with van der Waals surface area (Å²) in [5, 5.41) is 0.915. The lowest BCUT2D eigenvalue weighted by atomic mass is 9.98. The zero-order chi connectivity index (χ0) is 17.9. The number of anilines is 2. The molecule has 7 heteroatoms. The maximum Gasteiger partial charge on any atom is 0.168 e. The van der Waals surface area contributed by atoms with Crippen LogP contribution in [0.5, 0.6) is 0 Å². The summed E-state index contributed by atoms with van der Waals surface area (Å²) in [6, 6.07) is 6.64. The van der Waals surface area contributed by atoms with Gasteiger partial charge in [0.25, 0.3) is 0 Å². The molecule has 0 atom stereocenters. The van der Waals surface area contributed by atoms with Crippen LogP contribution in [0.15, 0.2) is 40.5 Å². The van der Waals surface area contributed by atoms with Crippen molar-refractivity contribution in [2.24, 2.45) is 5.73 Å². The van der Waals surface area contributed by atoms with Gasteiger partial charge in [0.15, 0.2) is 5.82 Å². The van der Waals surface area contributed by atoms with Crippen molar-refractivity contribution < 1.29 is 4.74 Å². The van der Waals surface area contributed by atoms with Crippen LogP contribution >= 0.6 is 11.8 Å². The largest absolute Gasteiger partial charge is 0.364 e. The third kappa shape index (κ3) is 3.57. The van der Waals surface area contributed by atoms with Gasteiger partial charge in [0.05, 0.1) is 5.69 Å². The van der Waals surface area contributed by atoms with E-state index >= 15 is 0 Å². The SMILES string of the molecule is COCN1c2cc(CN3CC[CH][C](CN)C3)ccc2Sc2nccnc21. The van der Waals surface area contributed by atoms with Crippen molar-refractivity contribution in [3.63, 3.8) is 0 Å². The minimum atomic E-state index is 0.451. The molecule has 0 unspecified atom stereocenters. The van der Waals surface area contributed by atoms with Crippen molar-refractivity contribution in [3.8, 4) is 0 Å². The Labute approximate surface area is 158 Å². The Balaban J connectivity index is 1.59. The number of hydrogen-bond donors (Lipinski definition) is 1. The number of aromatic nitrogens is 2. The van der Waals surface area contributed by atoms with Gasteiger partial charge in [-0.15, -0.1) is 0 Å². The molecule has 0 saturated carbocycles. The Morgan fingerprint density at radius 3 is 3.00 bits per heavy atom. The van der Waals surface area contributed by atoms with Crippen molar-refractivity contribution in [1.82, 2.24) is 14.9 Å². The van der Waals surface area contributed by atoms with Gasteiger partial charge in [-0.05, 0) is 37.1 Å². The molecule has 0 bridgehead atoms. The van der Waals surface area contributed by atoms with Crippen LogP contribution in [0.4, 0.5) is 11.5 Å². The second kappa shape index (κ2) is 7.92. The summed E-state index contributed by atoms with van der Waals surface area (Å²) < 4.78 is 5.43. The minimum Gasteiger partial charge on any atom is -0.364 e. The van der Waals surface area contributed by atoms with Gasteiger partial charge in [0.2, 0.25) is 0 Å². The second-order valence-electron chi connectivity index (χ2n) is 6.50. The summed E-state index contributed by atoms with van der Waals surface area (Å²) in [6.07, 6.45) is 6.81. The molecule has 1 aromatic carbocycles. The van der Waals surface area contributed by atoms with Crippen LogP contribution in [-0.4, -0.2) is 48.3 Å². The number of nitrogens with zero attached hydrogens (tertiary/aromatic N) is 4. The van der Waals surface area contributed by atoms with Crippen molar-refractivity contribution in [2.75, 3.05) is 38.4 Å². The van der Waals surface area contributed by atoms with E-state index in [1.807, 2.05) is 0 Å². The maximum atomic E-state index is 5.82. The summed E-state index contributed by atoms with van der Waals surface area (Å²) in [7, 11) is 1.70. The smallest absolute Gasteiger partial charge is 0.168 e. The van der Waals surface area contributed by atoms with Crippen LogP contribution in [0.25, 0.3) is 0 Å². The highest BCUT2D eigenvalue weighted by molar-refractivity contribution is 7.99. The number of likely N-dealkylation sites (tertiary alicyclic amines) is 1. The van der Waals surface area contributed by atoms with E-state index in [0.717, 1.165) is 42.6 Å². The Morgan fingerprint density at radius 2 is 2.15 bits per heavy atom. The zero-order valence-electron chi connectivity index (χ0n) is 14.9. The lowest BCUT2D eigenvalue weighted by Crippen LogP contribution is -2.37. The Morgan fingerprint density at radius 1 is 1.27 bits per heavy atom. The molecule has 1 aromatic heterocycles. The first-order valence-electron chi connectivity index (χ1n) is 8.77. The molecule has 1 fully saturated rings. The van der Waals surface area contributed by atoms with E-state index < -0.39 is 0 Å². The number of ether oxygens (including phenoxy) is 1. The topological polar surface area (TPSA) is 67.5 Å². The van der Waals surface area contributed by atoms with E-state index in [-0.39, 0.29) is 0 Å². The highest BCUT2D eigenvalue weighted by Crippen LogP contribution is 2.46. The molecule has 3 heterocycles. The Bertz CT molecular complexity index is 771. The molecule has 26 heavy (non-hydrogen) atoms. The number of piperidine rings is 1. The standard InChI is InChI=1S/C19H23N5OS/c1-25-13-24-16-9-14(11-23-8-2-3-15(10-20)12-23)4-5-17(16)26-19-18(24)21-6-7-22-19/h3-7,9H,2,8,10-13,20H2,1H3. The fourth-order valence-corrected chi connectivity index (χ4v) is 4.42. The van der Waals surface area contributed by atoms with Crippen LogP contribution in [0.2, 0.25) is 0 Å². The third-order valence-corrected chi connectivity index (χ3v) is 5.70. The van der Waals surface area contributed by atoms with Gasteiger partial charge in [-0.1, -0.05) is 17.8 Å². The number of hydrogen-bond acceptors (Lipinski definition) is 7. The summed E-state index contributed by atoms with van der Waals surface area (Å²) in [5.74, 6) is 2.19. The van der Waals surface area contributed by atoms with Gasteiger partial charge in [-0.25, -0.2) is 9.97 Å². The van der Waals surface area contributed by atoms with Crippen LogP contribution in [0.3, 0.4) is 0 Å². The first-order chi connectivity index (χ1) is 12.8. The molecule has 2 aromatic rings. The fourth-order valence-electron chi connectivity index (χ4n) is 3.43. The van der Waals surface area contributed by atoms with Gasteiger partial charge >= 0.3 is 0 Å². The van der Waals surface area contributed by atoms with E-state index in [9.17, 15) is 0 Å². The molecule has 2 radical (unpaired) electrons. The predicted molar refractivity (Wildman–Crippen MR) is 103 cm³/mol. The monoisotopic (exact) mass is 369 g/mol. The van der Waals surface area contributed by atoms with E-state index in [0.29, 0.717) is 13.3 Å². The highest BCUT2D eigenvalue weighted by atomic mass is 32.2. The normalized spacial score (nSPS) is 17.8. The van der Waals surface area contributed by atoms with Crippen LogP contribution in [0, 0.1) is 12.3 Å². The molecule has 2 N–H and O–H groups in total. The van der Waals surface area contributed by atoms with Crippen molar-refractivity contribution >= 4 is 23.3 Å². The molecule has 2 aliphatic rings. The van der Waals surface area contributed by atoms with Gasteiger partial charge < -0.3 is 10.5 Å². The van der Waals surface area contributed by atoms with Gasteiger partial charge in [0, 0.05) is 50.0 Å². The fraction of sp³-hybridized carbons (Fsp3) is 0.368. The number of methoxy groups -OCH3 is 1. The van der Waals surface area contributed by atoms with Gasteiger partial charge in [-0.3, -0.25) is 9.80 Å². The van der Waals surface area contributed by atoms with Crippen molar-refractivity contribution in [3.05, 3.63) is 48.5 Å². The highest BCUT2D eigenvalue weighted by Gasteiger charge is 2.26. The molecule has 6 nitrogen and oxygen atoms in total. The molecule has 0 spiro atoms. The first kappa shape index (κ1) is 17.7. The summed E-state index contributed by atoms with van der Waals surface area (Å²) in [6.45, 7) is 4.05. The molecule has 2 aliphatic heterocycles. The van der Waals surface area contributed by atoms with Crippen molar-refractivity contribution in [1.29, 1.82) is 0 Å². The number of fused-ring (bicyclic) bond motifs is 2. The van der Waals surface area contributed by atoms with Crippen LogP contribution in [-0.2, 0) is 11.3 Å². The molecule has 4 rings (SSSR count). The number of rotatable bonds is 5. The Kier molecular flexibility index (Phi) is 5.40. The predicted octanol–water partition coefficient (Wildman–Crippen LogP) is 2.63. The van der Waals surface area contributed by atoms with E-state index in [4.69, 9.17) is 10.5 Å². The molecular weight excluding hydrogens is 346 g/mol. The molecule has 1 saturated heterocycles. The maximum absolute atomic E-state index is 5.82. The summed E-state index contributed by atoms with van der Waals surface area (Å²) >= 11 is 1.66. The molecule has 0 amide bonds. The average molecular weight is 369 g/mol. The zero-order valence-corrected chi connectivity index (χ0v) is 15.7. The van der Waals surface area contributed by atoms with Crippen LogP contribution in [0.1, 0.15) is 12.0 Å². The summed E-state index contributed by atoms with van der Waals surface area (Å²) in [4.78, 5) is 14.7. The quantitative estimate of drug-likeness (QED) is 0.869. The second-order valence-corrected chi connectivity index (χ2v) is 7.53. The van der Waals surface area contributed by atoms with E-state index in [2.05, 4.69) is 44.4 Å². The number of nitrogens with two attached hydrogens (primary N) is 1. The van der Waals surface area contributed by atoms with Crippen LogP contribution < -0.4 is 10.6 Å². The first-order valence-corrected chi connectivity index (χ1v) is 9.58. The number of benzene rings is 1. The Hall–Kier alpha value is -1.67. The van der Waals surface area contributed by atoms with E-state index in [1.54, 1.807) is 31.3 Å². The summed E-state index contributed by atoms with van der Waals surface area (Å²) in [5.41, 5.74) is 8.24. The van der Waals surface area contributed by atoms with Gasteiger partial charge in [0.1, 0.15) is 11.8 Å². The molecule has 0 aliphatic carbocycles. The minimum absolute atomic E-state index is 0.451. The van der Waals surface area contributed by atoms with Crippen molar-refractivity contribution in [2.45, 2.75) is 22.9 Å². The lowest BCUT2D eigenvalue weighted by Gasteiger charge is -2.33. The average Bonchev–Trinajstić information content (AvgIpc) is 2.68. The lowest BCUT2D eigenvalue weighted by molar-refractivity contribution is 0.204.